The minimum absolute atomic E-state index is 0.00231. The number of esters is 1. The Morgan fingerprint density at radius 2 is 2.45 bits per heavy atom. The quantitative estimate of drug-likeness (QED) is 0.441. The summed E-state index contributed by atoms with van der Waals surface area (Å²) in [6.45, 7) is 4.38. The zero-order valence-electron chi connectivity index (χ0n) is 7.35. The highest BCUT2D eigenvalue weighted by Crippen LogP contribution is 2.35. The third-order valence-corrected chi connectivity index (χ3v) is 2.48. The van der Waals surface area contributed by atoms with Gasteiger partial charge in [-0.3, -0.25) is 4.79 Å². The van der Waals surface area contributed by atoms with Gasteiger partial charge >= 0.3 is 5.97 Å². The lowest BCUT2D eigenvalue weighted by Gasteiger charge is -2.20. The third-order valence-electron chi connectivity index (χ3n) is 2.48. The van der Waals surface area contributed by atoms with Gasteiger partial charge in [-0.05, 0) is 20.3 Å². The summed E-state index contributed by atoms with van der Waals surface area (Å²) >= 11 is 0. The first kappa shape index (κ1) is 8.63. The van der Waals surface area contributed by atoms with Gasteiger partial charge in [-0.2, -0.15) is 0 Å². The first-order chi connectivity index (χ1) is 5.19. The van der Waals surface area contributed by atoms with Gasteiger partial charge in [-0.1, -0.05) is 12.6 Å². The van der Waals surface area contributed by atoms with Gasteiger partial charge in [-0.25, -0.2) is 0 Å². The maximum absolute atomic E-state index is 11.3. The predicted octanol–water partition coefficient (Wildman–Crippen LogP) is 1.23. The minimum atomic E-state index is -0.157. The Kier molecular flexibility index (Phi) is 2.58. The van der Waals surface area contributed by atoms with Crippen LogP contribution >= 0.6 is 0 Å². The zero-order chi connectivity index (χ0) is 8.32. The van der Waals surface area contributed by atoms with Crippen LogP contribution in [0.1, 0.15) is 20.3 Å². The summed E-state index contributed by atoms with van der Waals surface area (Å²) in [5.74, 6) is -0.00231. The van der Waals surface area contributed by atoms with Crippen LogP contribution in [0.2, 0.25) is 12.6 Å². The summed E-state index contributed by atoms with van der Waals surface area (Å²) in [6.07, 6.45) is 3.19. The van der Waals surface area contributed by atoms with Crippen molar-refractivity contribution in [1.29, 1.82) is 0 Å². The molecule has 0 spiro atoms. The van der Waals surface area contributed by atoms with Crippen LogP contribution in [-0.2, 0) is 9.53 Å². The van der Waals surface area contributed by atoms with Gasteiger partial charge in [0.1, 0.15) is 7.28 Å². The van der Waals surface area contributed by atoms with Crippen LogP contribution in [0.3, 0.4) is 0 Å². The Morgan fingerprint density at radius 3 is 2.91 bits per heavy atom. The highest BCUT2D eigenvalue weighted by Gasteiger charge is 2.37. The van der Waals surface area contributed by atoms with E-state index in [1.165, 1.54) is 13.6 Å². The molecular weight excluding hydrogens is 139 g/mol. The number of carbonyl (C=O) groups excluding carboxylic acids is 1. The SMILES string of the molecule is CCOC(=O)C1(C)CBCC1. The highest BCUT2D eigenvalue weighted by atomic mass is 16.5. The molecule has 1 heterocycles. The molecule has 0 aromatic rings. The molecule has 1 unspecified atom stereocenters. The summed E-state index contributed by atoms with van der Waals surface area (Å²) in [4.78, 5) is 11.3. The third kappa shape index (κ3) is 1.76. The molecule has 1 saturated heterocycles. The normalized spacial score (nSPS) is 29.6. The number of rotatable bonds is 2. The highest BCUT2D eigenvalue weighted by molar-refractivity contribution is 6.37. The van der Waals surface area contributed by atoms with E-state index < -0.39 is 0 Å². The Labute approximate surface area is 68.6 Å². The van der Waals surface area contributed by atoms with E-state index >= 15 is 0 Å². The fraction of sp³-hybridized carbons (Fsp3) is 0.875. The van der Waals surface area contributed by atoms with E-state index in [1.54, 1.807) is 0 Å². The van der Waals surface area contributed by atoms with Crippen molar-refractivity contribution in [1.82, 2.24) is 0 Å². The fourth-order valence-electron chi connectivity index (χ4n) is 1.66. The van der Waals surface area contributed by atoms with Gasteiger partial charge in [0.05, 0.1) is 12.0 Å². The lowest BCUT2D eigenvalue weighted by molar-refractivity contribution is -0.153. The molecule has 3 heteroatoms. The Bertz CT molecular complexity index is 150. The number of carbonyl (C=O) groups is 1. The van der Waals surface area contributed by atoms with Gasteiger partial charge in [0.15, 0.2) is 0 Å². The molecule has 62 valence electrons. The molecule has 0 bridgehead atoms. The average Bonchev–Trinajstić information content (AvgIpc) is 2.38. The molecule has 0 saturated carbocycles. The second-order valence-electron chi connectivity index (χ2n) is 3.49. The molecule has 1 aliphatic rings. The lowest BCUT2D eigenvalue weighted by Crippen LogP contribution is -2.26. The van der Waals surface area contributed by atoms with Crippen molar-refractivity contribution >= 4 is 13.2 Å². The first-order valence-electron chi connectivity index (χ1n) is 4.36. The fourth-order valence-corrected chi connectivity index (χ4v) is 1.66. The molecule has 0 N–H and O–H groups in total. The van der Waals surface area contributed by atoms with Crippen LogP contribution in [0.15, 0.2) is 0 Å². The largest absolute Gasteiger partial charge is 0.466 e. The van der Waals surface area contributed by atoms with Crippen LogP contribution in [-0.4, -0.2) is 19.9 Å². The van der Waals surface area contributed by atoms with Crippen LogP contribution in [0.4, 0.5) is 0 Å². The molecule has 11 heavy (non-hydrogen) atoms. The topological polar surface area (TPSA) is 26.3 Å². The second-order valence-corrected chi connectivity index (χ2v) is 3.49. The molecule has 1 atom stereocenters. The minimum Gasteiger partial charge on any atom is -0.466 e. The van der Waals surface area contributed by atoms with Crippen LogP contribution in [0, 0.1) is 5.41 Å². The standard InChI is InChI=1S/C8H15BO2/c1-3-11-7(10)8(2)4-5-9-6-8/h9H,3-6H2,1-2H3. The number of hydrogen-bond donors (Lipinski definition) is 0. The first-order valence-corrected chi connectivity index (χ1v) is 4.36. The van der Waals surface area contributed by atoms with Gasteiger partial charge in [-0.15, -0.1) is 0 Å². The predicted molar refractivity (Wildman–Crippen MR) is 46.1 cm³/mol. The van der Waals surface area contributed by atoms with Crippen LogP contribution in [0.25, 0.3) is 0 Å². The van der Waals surface area contributed by atoms with Gasteiger partial charge in [0, 0.05) is 0 Å². The molecule has 0 aromatic carbocycles. The molecule has 0 aromatic heterocycles. The van der Waals surface area contributed by atoms with Crippen LogP contribution in [0.5, 0.6) is 0 Å². The Hall–Kier alpha value is -0.465. The van der Waals surface area contributed by atoms with E-state index in [0.29, 0.717) is 6.61 Å². The average molecular weight is 154 g/mol. The smallest absolute Gasteiger partial charge is 0.311 e. The van der Waals surface area contributed by atoms with Crippen molar-refractivity contribution in [2.24, 2.45) is 5.41 Å². The van der Waals surface area contributed by atoms with Crippen molar-refractivity contribution < 1.29 is 9.53 Å². The molecule has 0 amide bonds. The summed E-state index contributed by atoms with van der Waals surface area (Å²) in [7, 11) is 1.18. The van der Waals surface area contributed by atoms with Crippen molar-refractivity contribution in [3.8, 4) is 0 Å². The maximum Gasteiger partial charge on any atom is 0.311 e. The van der Waals surface area contributed by atoms with Gasteiger partial charge < -0.3 is 4.74 Å². The summed E-state index contributed by atoms with van der Waals surface area (Å²) in [6, 6.07) is 0. The van der Waals surface area contributed by atoms with Crippen molar-refractivity contribution in [2.45, 2.75) is 32.9 Å². The molecule has 0 aliphatic carbocycles. The second kappa shape index (κ2) is 3.29. The van der Waals surface area contributed by atoms with E-state index in [0.717, 1.165) is 12.7 Å². The molecule has 1 aliphatic heterocycles. The van der Waals surface area contributed by atoms with Crippen molar-refractivity contribution in [3.63, 3.8) is 0 Å². The molecule has 1 fully saturated rings. The van der Waals surface area contributed by atoms with E-state index in [1.807, 2.05) is 13.8 Å². The van der Waals surface area contributed by atoms with Crippen LogP contribution < -0.4 is 0 Å². The monoisotopic (exact) mass is 154 g/mol. The van der Waals surface area contributed by atoms with E-state index in [2.05, 4.69) is 0 Å². The van der Waals surface area contributed by atoms with Gasteiger partial charge in [0.2, 0.25) is 0 Å². The number of ether oxygens (including phenoxy) is 1. The molecule has 2 nitrogen and oxygen atoms in total. The summed E-state index contributed by atoms with van der Waals surface area (Å²) in [5, 5.41) is 0. The maximum atomic E-state index is 11.3. The Balaban J connectivity index is 2.49. The zero-order valence-corrected chi connectivity index (χ0v) is 7.35. The molecule has 0 radical (unpaired) electrons. The number of hydrogen-bond acceptors (Lipinski definition) is 2. The Morgan fingerprint density at radius 1 is 1.73 bits per heavy atom. The van der Waals surface area contributed by atoms with Crippen molar-refractivity contribution in [2.75, 3.05) is 6.61 Å². The molecular formula is C8H15BO2. The van der Waals surface area contributed by atoms with E-state index in [4.69, 9.17) is 4.74 Å². The van der Waals surface area contributed by atoms with E-state index in [-0.39, 0.29) is 11.4 Å². The summed E-state index contributed by atoms with van der Waals surface area (Å²) in [5.41, 5.74) is -0.157. The van der Waals surface area contributed by atoms with Crippen molar-refractivity contribution in [3.05, 3.63) is 0 Å². The van der Waals surface area contributed by atoms with E-state index in [9.17, 15) is 4.79 Å². The molecule has 1 rings (SSSR count). The summed E-state index contributed by atoms with van der Waals surface area (Å²) < 4.78 is 4.99. The van der Waals surface area contributed by atoms with Gasteiger partial charge in [0.25, 0.3) is 0 Å². The lowest BCUT2D eigenvalue weighted by atomic mass is 9.73.